The zero-order chi connectivity index (χ0) is 21.3. The number of hydrogen-bond acceptors (Lipinski definition) is 6. The van der Waals surface area contributed by atoms with Gasteiger partial charge in [0.05, 0.1) is 5.56 Å². The minimum Gasteiger partial charge on any atom is -0.365 e. The van der Waals surface area contributed by atoms with Gasteiger partial charge in [-0.05, 0) is 35.1 Å². The highest BCUT2D eigenvalue weighted by Gasteiger charge is 2.23. The van der Waals surface area contributed by atoms with Gasteiger partial charge in [0.15, 0.2) is 0 Å². The van der Waals surface area contributed by atoms with Gasteiger partial charge in [-0.15, -0.1) is 22.7 Å². The van der Waals surface area contributed by atoms with Crippen LogP contribution in [0.2, 0.25) is 0 Å². The lowest BCUT2D eigenvalue weighted by Gasteiger charge is -2.12. The van der Waals surface area contributed by atoms with Crippen LogP contribution >= 0.6 is 22.7 Å². The van der Waals surface area contributed by atoms with E-state index in [-0.39, 0.29) is 15.7 Å². The standard InChI is InChI=1S/C18H20N4O4S3/c1-9(2)11-7-10(22-29(25,26)13-5-4-6-27-13)8-12-14(16(19)23)17(28-15(11)12)21-18(24)20-3/h4-9,22H,1-3H3,(H2,19,23)(H2,20,21,24). The molecule has 5 N–H and O–H groups in total. The normalized spacial score (nSPS) is 11.6. The fraction of sp³-hybridized carbons (Fsp3) is 0.222. The van der Waals surface area contributed by atoms with Crippen molar-refractivity contribution in [3.05, 3.63) is 40.8 Å². The van der Waals surface area contributed by atoms with E-state index < -0.39 is 22.0 Å². The molecular weight excluding hydrogens is 432 g/mol. The molecule has 0 aliphatic carbocycles. The first-order valence-corrected chi connectivity index (χ1v) is 11.8. The summed E-state index contributed by atoms with van der Waals surface area (Å²) in [5.41, 5.74) is 6.89. The Morgan fingerprint density at radius 2 is 1.93 bits per heavy atom. The second kappa shape index (κ2) is 8.01. The number of anilines is 2. The molecular formula is C18H20N4O4S3. The molecule has 29 heavy (non-hydrogen) atoms. The summed E-state index contributed by atoms with van der Waals surface area (Å²) in [6.07, 6.45) is 0. The highest BCUT2D eigenvalue weighted by Crippen LogP contribution is 2.42. The van der Waals surface area contributed by atoms with Crippen LogP contribution in [-0.2, 0) is 10.0 Å². The number of primary amides is 1. The first-order valence-electron chi connectivity index (χ1n) is 8.59. The number of benzene rings is 1. The highest BCUT2D eigenvalue weighted by molar-refractivity contribution is 7.94. The van der Waals surface area contributed by atoms with Gasteiger partial charge in [0, 0.05) is 22.8 Å². The zero-order valence-corrected chi connectivity index (χ0v) is 18.3. The fourth-order valence-electron chi connectivity index (χ4n) is 2.83. The smallest absolute Gasteiger partial charge is 0.319 e. The number of nitrogens with one attached hydrogen (secondary N) is 3. The zero-order valence-electron chi connectivity index (χ0n) is 15.9. The Hall–Kier alpha value is -2.63. The Labute approximate surface area is 176 Å². The summed E-state index contributed by atoms with van der Waals surface area (Å²) in [4.78, 5) is 23.9. The van der Waals surface area contributed by atoms with Crippen molar-refractivity contribution in [1.29, 1.82) is 0 Å². The molecule has 3 amide bonds. The van der Waals surface area contributed by atoms with E-state index in [0.717, 1.165) is 21.6 Å². The molecule has 0 atom stereocenters. The number of rotatable bonds is 6. The van der Waals surface area contributed by atoms with E-state index in [9.17, 15) is 18.0 Å². The van der Waals surface area contributed by atoms with Crippen LogP contribution in [0.1, 0.15) is 35.7 Å². The molecule has 3 rings (SSSR count). The third-order valence-electron chi connectivity index (χ3n) is 4.15. The Kier molecular flexibility index (Phi) is 5.82. The number of hydrogen-bond donors (Lipinski definition) is 4. The number of thiophene rings is 2. The van der Waals surface area contributed by atoms with Gasteiger partial charge in [-0.3, -0.25) is 14.8 Å². The quantitative estimate of drug-likeness (QED) is 0.454. The minimum atomic E-state index is -3.75. The Balaban J connectivity index is 2.20. The molecule has 11 heteroatoms. The molecule has 3 aromatic rings. The molecule has 0 unspecified atom stereocenters. The second-order valence-corrected chi connectivity index (χ2v) is 10.4. The van der Waals surface area contributed by atoms with Gasteiger partial charge in [-0.2, -0.15) is 0 Å². The van der Waals surface area contributed by atoms with Crippen molar-refractivity contribution in [3.8, 4) is 0 Å². The number of fused-ring (bicyclic) bond motifs is 1. The molecule has 2 heterocycles. The summed E-state index contributed by atoms with van der Waals surface area (Å²) in [7, 11) is -2.29. The summed E-state index contributed by atoms with van der Waals surface area (Å²) in [5.74, 6) is -0.674. The third-order valence-corrected chi connectivity index (χ3v) is 8.10. The highest BCUT2D eigenvalue weighted by atomic mass is 32.2. The largest absolute Gasteiger partial charge is 0.365 e. The van der Waals surface area contributed by atoms with Gasteiger partial charge in [0.25, 0.3) is 15.9 Å². The van der Waals surface area contributed by atoms with Crippen molar-refractivity contribution in [1.82, 2.24) is 5.32 Å². The van der Waals surface area contributed by atoms with Gasteiger partial charge < -0.3 is 11.1 Å². The number of nitrogens with two attached hydrogens (primary N) is 1. The first kappa shape index (κ1) is 21.1. The van der Waals surface area contributed by atoms with E-state index in [1.807, 2.05) is 13.8 Å². The van der Waals surface area contributed by atoms with E-state index in [4.69, 9.17) is 5.73 Å². The van der Waals surface area contributed by atoms with Crippen LogP contribution in [0.5, 0.6) is 0 Å². The van der Waals surface area contributed by atoms with Crippen LogP contribution in [-0.4, -0.2) is 27.4 Å². The lowest BCUT2D eigenvalue weighted by molar-refractivity contribution is 0.100. The molecule has 2 aromatic heterocycles. The van der Waals surface area contributed by atoms with Crippen LogP contribution in [0.4, 0.5) is 15.5 Å². The Morgan fingerprint density at radius 1 is 1.21 bits per heavy atom. The maximum Gasteiger partial charge on any atom is 0.319 e. The van der Waals surface area contributed by atoms with E-state index in [0.29, 0.717) is 16.1 Å². The lowest BCUT2D eigenvalue weighted by atomic mass is 9.99. The first-order chi connectivity index (χ1) is 13.6. The molecule has 0 fully saturated rings. The molecule has 1 aromatic carbocycles. The average Bonchev–Trinajstić information content (AvgIpc) is 3.28. The minimum absolute atomic E-state index is 0.0379. The molecule has 0 radical (unpaired) electrons. The molecule has 154 valence electrons. The van der Waals surface area contributed by atoms with Gasteiger partial charge in [-0.1, -0.05) is 19.9 Å². The topological polar surface area (TPSA) is 130 Å². The SMILES string of the molecule is CNC(=O)Nc1sc2c(C(C)C)cc(NS(=O)(=O)c3cccs3)cc2c1C(N)=O. The summed E-state index contributed by atoms with van der Waals surface area (Å²) < 4.78 is 28.8. The van der Waals surface area contributed by atoms with Crippen molar-refractivity contribution >= 4 is 65.4 Å². The molecule has 0 saturated carbocycles. The van der Waals surface area contributed by atoms with E-state index in [2.05, 4.69) is 15.4 Å². The molecule has 8 nitrogen and oxygen atoms in total. The lowest BCUT2D eigenvalue weighted by Crippen LogP contribution is -2.25. The maximum absolute atomic E-state index is 12.6. The fourth-order valence-corrected chi connectivity index (χ4v) is 6.21. The van der Waals surface area contributed by atoms with Crippen molar-refractivity contribution in [2.24, 2.45) is 5.73 Å². The molecule has 0 aliphatic heterocycles. The van der Waals surface area contributed by atoms with Crippen molar-refractivity contribution in [2.75, 3.05) is 17.1 Å². The second-order valence-electron chi connectivity index (χ2n) is 6.51. The Bertz CT molecular complexity index is 1180. The Morgan fingerprint density at radius 3 is 2.48 bits per heavy atom. The number of sulfonamides is 1. The van der Waals surface area contributed by atoms with Crippen molar-refractivity contribution in [3.63, 3.8) is 0 Å². The number of urea groups is 1. The molecule has 0 bridgehead atoms. The van der Waals surface area contributed by atoms with Crippen LogP contribution in [0.3, 0.4) is 0 Å². The van der Waals surface area contributed by atoms with Gasteiger partial charge in [0.1, 0.15) is 9.21 Å². The van der Waals surface area contributed by atoms with E-state index in [1.165, 1.54) is 24.5 Å². The maximum atomic E-state index is 12.6. The number of carbonyl (C=O) groups excluding carboxylic acids is 2. The summed E-state index contributed by atoms with van der Waals surface area (Å²) in [6.45, 7) is 3.92. The summed E-state index contributed by atoms with van der Waals surface area (Å²) in [5, 5.41) is 7.53. The molecule has 0 spiro atoms. The summed E-state index contributed by atoms with van der Waals surface area (Å²) in [6, 6.07) is 5.99. The number of amides is 3. The van der Waals surface area contributed by atoms with E-state index in [1.54, 1.807) is 23.6 Å². The van der Waals surface area contributed by atoms with Crippen LogP contribution in [0, 0.1) is 0 Å². The predicted octanol–water partition coefficient (Wildman–Crippen LogP) is 3.74. The molecule has 0 saturated heterocycles. The van der Waals surface area contributed by atoms with E-state index >= 15 is 0 Å². The number of carbonyl (C=O) groups is 2. The van der Waals surface area contributed by atoms with Crippen LogP contribution in [0.25, 0.3) is 10.1 Å². The predicted molar refractivity (Wildman–Crippen MR) is 118 cm³/mol. The van der Waals surface area contributed by atoms with Gasteiger partial charge >= 0.3 is 6.03 Å². The summed E-state index contributed by atoms with van der Waals surface area (Å²) >= 11 is 2.34. The van der Waals surface area contributed by atoms with Gasteiger partial charge in [0.2, 0.25) is 0 Å². The third kappa shape index (κ3) is 4.21. The van der Waals surface area contributed by atoms with Gasteiger partial charge in [-0.25, -0.2) is 13.2 Å². The molecule has 0 aliphatic rings. The van der Waals surface area contributed by atoms with Crippen molar-refractivity contribution in [2.45, 2.75) is 24.0 Å². The average molecular weight is 453 g/mol. The van der Waals surface area contributed by atoms with Crippen molar-refractivity contribution < 1.29 is 18.0 Å². The monoisotopic (exact) mass is 452 g/mol. The van der Waals surface area contributed by atoms with Crippen LogP contribution in [0.15, 0.2) is 33.9 Å². The van der Waals surface area contributed by atoms with Crippen LogP contribution < -0.4 is 21.1 Å².